The molecule has 1 aromatic carbocycles. The number of ether oxygens (including phenoxy) is 1. The third kappa shape index (κ3) is 3.25. The average Bonchev–Trinajstić information content (AvgIpc) is 3.03. The van der Waals surface area contributed by atoms with E-state index in [1.165, 1.54) is 12.1 Å². The van der Waals surface area contributed by atoms with Gasteiger partial charge in [-0.25, -0.2) is 14.1 Å². The predicted octanol–water partition coefficient (Wildman–Crippen LogP) is 3.14. The molecule has 0 saturated carbocycles. The summed E-state index contributed by atoms with van der Waals surface area (Å²) in [5, 5.41) is 7.65. The van der Waals surface area contributed by atoms with Crippen LogP contribution in [0.5, 0.6) is 5.88 Å². The van der Waals surface area contributed by atoms with Gasteiger partial charge in [-0.2, -0.15) is 0 Å². The van der Waals surface area contributed by atoms with Gasteiger partial charge in [0.25, 0.3) is 5.88 Å². The van der Waals surface area contributed by atoms with E-state index in [-0.39, 0.29) is 12.5 Å². The molecule has 0 atom stereocenters. The Labute approximate surface area is 128 Å². The van der Waals surface area contributed by atoms with Crippen LogP contribution in [-0.4, -0.2) is 20.0 Å². The van der Waals surface area contributed by atoms with Crippen molar-refractivity contribution in [1.29, 1.82) is 0 Å². The Morgan fingerprint density at radius 3 is 2.67 bits per heavy atom. The highest BCUT2D eigenvalue weighted by Gasteiger charge is 2.06. The molecule has 0 radical (unpaired) electrons. The van der Waals surface area contributed by atoms with Gasteiger partial charge in [0, 0.05) is 0 Å². The van der Waals surface area contributed by atoms with Gasteiger partial charge in [0.05, 0.1) is 18.1 Å². The highest BCUT2D eigenvalue weighted by Crippen LogP contribution is 2.19. The molecular formula is C14H10BrFN4O. The fourth-order valence-electron chi connectivity index (χ4n) is 1.74. The fraction of sp³-hybridized carbons (Fsp3) is 0.0714. The summed E-state index contributed by atoms with van der Waals surface area (Å²) >= 11 is 3.18. The molecule has 0 bridgehead atoms. The SMILES string of the molecule is Fc1ccc(Br)nc1OCc1ccc(-n2ccnn2)cc1. The van der Waals surface area contributed by atoms with Crippen molar-refractivity contribution >= 4 is 15.9 Å². The summed E-state index contributed by atoms with van der Waals surface area (Å²) in [4.78, 5) is 3.94. The first-order valence-electron chi connectivity index (χ1n) is 6.13. The Morgan fingerprint density at radius 1 is 1.14 bits per heavy atom. The third-order valence-corrected chi connectivity index (χ3v) is 3.22. The number of halogens is 2. The van der Waals surface area contributed by atoms with Gasteiger partial charge in [0.2, 0.25) is 0 Å². The van der Waals surface area contributed by atoms with E-state index in [9.17, 15) is 4.39 Å². The van der Waals surface area contributed by atoms with Gasteiger partial charge in [0.1, 0.15) is 11.2 Å². The predicted molar refractivity (Wildman–Crippen MR) is 77.6 cm³/mol. The molecule has 0 aliphatic carbocycles. The number of rotatable bonds is 4. The summed E-state index contributed by atoms with van der Waals surface area (Å²) in [6.45, 7) is 0.234. The molecule has 21 heavy (non-hydrogen) atoms. The Kier molecular flexibility index (Phi) is 3.92. The van der Waals surface area contributed by atoms with E-state index >= 15 is 0 Å². The molecule has 0 spiro atoms. The normalized spacial score (nSPS) is 10.6. The maximum Gasteiger partial charge on any atom is 0.251 e. The second-order valence-electron chi connectivity index (χ2n) is 4.22. The zero-order chi connectivity index (χ0) is 14.7. The number of nitrogens with zero attached hydrogens (tertiary/aromatic N) is 4. The van der Waals surface area contributed by atoms with Crippen LogP contribution in [0.2, 0.25) is 0 Å². The summed E-state index contributed by atoms with van der Waals surface area (Å²) in [5.41, 5.74) is 1.79. The van der Waals surface area contributed by atoms with Crippen molar-refractivity contribution in [2.24, 2.45) is 0 Å². The molecule has 3 aromatic rings. The van der Waals surface area contributed by atoms with Crippen LogP contribution in [0.3, 0.4) is 0 Å². The molecule has 3 rings (SSSR count). The van der Waals surface area contributed by atoms with Gasteiger partial charge in [-0.15, -0.1) is 5.10 Å². The third-order valence-electron chi connectivity index (χ3n) is 2.78. The van der Waals surface area contributed by atoms with Crippen molar-refractivity contribution in [1.82, 2.24) is 20.0 Å². The lowest BCUT2D eigenvalue weighted by Gasteiger charge is -2.07. The van der Waals surface area contributed by atoms with Crippen LogP contribution in [0.1, 0.15) is 5.56 Å². The zero-order valence-electron chi connectivity index (χ0n) is 10.8. The van der Waals surface area contributed by atoms with Crippen molar-refractivity contribution in [3.63, 3.8) is 0 Å². The second kappa shape index (κ2) is 6.01. The van der Waals surface area contributed by atoms with E-state index in [1.807, 2.05) is 24.3 Å². The van der Waals surface area contributed by atoms with Gasteiger partial charge in [-0.1, -0.05) is 17.3 Å². The highest BCUT2D eigenvalue weighted by atomic mass is 79.9. The van der Waals surface area contributed by atoms with Crippen molar-refractivity contribution in [3.05, 3.63) is 64.8 Å². The Hall–Kier alpha value is -2.28. The molecule has 0 N–H and O–H groups in total. The lowest BCUT2D eigenvalue weighted by molar-refractivity contribution is 0.276. The summed E-state index contributed by atoms with van der Waals surface area (Å²) in [5.74, 6) is -0.512. The Balaban J connectivity index is 1.70. The molecule has 0 saturated heterocycles. The highest BCUT2D eigenvalue weighted by molar-refractivity contribution is 9.10. The van der Waals surface area contributed by atoms with Crippen molar-refractivity contribution in [2.45, 2.75) is 6.61 Å². The van der Waals surface area contributed by atoms with Gasteiger partial charge in [-0.3, -0.25) is 0 Å². The minimum absolute atomic E-state index is 0.0234. The van der Waals surface area contributed by atoms with Crippen LogP contribution in [-0.2, 0) is 6.61 Å². The van der Waals surface area contributed by atoms with Crippen molar-refractivity contribution in [2.75, 3.05) is 0 Å². The first-order valence-corrected chi connectivity index (χ1v) is 6.92. The van der Waals surface area contributed by atoms with Gasteiger partial charge >= 0.3 is 0 Å². The van der Waals surface area contributed by atoms with Crippen LogP contribution in [0.4, 0.5) is 4.39 Å². The lowest BCUT2D eigenvalue weighted by Crippen LogP contribution is -2.01. The van der Waals surface area contributed by atoms with E-state index in [0.717, 1.165) is 11.3 Å². The smallest absolute Gasteiger partial charge is 0.251 e. The maximum atomic E-state index is 13.5. The second-order valence-corrected chi connectivity index (χ2v) is 5.04. The minimum atomic E-state index is -0.488. The monoisotopic (exact) mass is 348 g/mol. The minimum Gasteiger partial charge on any atom is -0.471 e. The van der Waals surface area contributed by atoms with E-state index in [2.05, 4.69) is 31.2 Å². The quantitative estimate of drug-likeness (QED) is 0.679. The Morgan fingerprint density at radius 2 is 1.95 bits per heavy atom. The van der Waals surface area contributed by atoms with Crippen molar-refractivity contribution < 1.29 is 9.13 Å². The molecular weight excluding hydrogens is 339 g/mol. The van der Waals surface area contributed by atoms with Crippen LogP contribution in [0, 0.1) is 5.82 Å². The first-order chi connectivity index (χ1) is 10.2. The summed E-state index contributed by atoms with van der Waals surface area (Å²) in [7, 11) is 0. The zero-order valence-corrected chi connectivity index (χ0v) is 12.4. The van der Waals surface area contributed by atoms with Crippen LogP contribution >= 0.6 is 15.9 Å². The molecule has 7 heteroatoms. The summed E-state index contributed by atoms with van der Waals surface area (Å²) in [6.07, 6.45) is 3.37. The standard InChI is InChI=1S/C14H10BrFN4O/c15-13-6-5-12(16)14(18-13)21-9-10-1-3-11(4-2-10)20-8-7-17-19-20/h1-8H,9H2. The Bertz CT molecular complexity index is 731. The van der Waals surface area contributed by atoms with E-state index in [0.29, 0.717) is 4.60 Å². The number of aromatic nitrogens is 4. The van der Waals surface area contributed by atoms with Crippen LogP contribution in [0.25, 0.3) is 5.69 Å². The molecule has 0 aliphatic heterocycles. The molecule has 106 valence electrons. The van der Waals surface area contributed by atoms with E-state index in [4.69, 9.17) is 4.74 Å². The molecule has 0 amide bonds. The molecule has 0 fully saturated rings. The lowest BCUT2D eigenvalue weighted by atomic mass is 10.2. The number of pyridine rings is 1. The summed E-state index contributed by atoms with van der Waals surface area (Å²) < 4.78 is 21.1. The molecule has 0 unspecified atom stereocenters. The molecule has 2 aromatic heterocycles. The van der Waals surface area contributed by atoms with Gasteiger partial charge < -0.3 is 4.74 Å². The molecule has 0 aliphatic rings. The fourth-order valence-corrected chi connectivity index (χ4v) is 2.04. The van der Waals surface area contributed by atoms with Crippen LogP contribution in [0.15, 0.2) is 53.4 Å². The van der Waals surface area contributed by atoms with Gasteiger partial charge in [0.15, 0.2) is 5.82 Å². The largest absolute Gasteiger partial charge is 0.471 e. The van der Waals surface area contributed by atoms with Crippen molar-refractivity contribution in [3.8, 4) is 11.6 Å². The molecule has 2 heterocycles. The van der Waals surface area contributed by atoms with E-state index in [1.54, 1.807) is 17.1 Å². The number of benzene rings is 1. The maximum absolute atomic E-state index is 13.5. The van der Waals surface area contributed by atoms with E-state index < -0.39 is 5.82 Å². The average molecular weight is 349 g/mol. The van der Waals surface area contributed by atoms with Gasteiger partial charge in [-0.05, 0) is 45.8 Å². The summed E-state index contributed by atoms with van der Waals surface area (Å²) in [6, 6.07) is 10.4. The van der Waals surface area contributed by atoms with Crippen LogP contribution < -0.4 is 4.74 Å². The topological polar surface area (TPSA) is 52.8 Å². The number of hydrogen-bond donors (Lipinski definition) is 0. The number of hydrogen-bond acceptors (Lipinski definition) is 4. The first kappa shape index (κ1) is 13.7. The molecule has 5 nitrogen and oxygen atoms in total.